The Balaban J connectivity index is 1.59. The van der Waals surface area contributed by atoms with Gasteiger partial charge in [-0.15, -0.1) is 0 Å². The van der Waals surface area contributed by atoms with Crippen molar-refractivity contribution in [1.29, 1.82) is 0 Å². The van der Waals surface area contributed by atoms with E-state index in [0.717, 1.165) is 35.7 Å². The van der Waals surface area contributed by atoms with E-state index in [1.807, 2.05) is 49.4 Å². The lowest BCUT2D eigenvalue weighted by Crippen LogP contribution is -2.17. The van der Waals surface area contributed by atoms with E-state index in [1.165, 1.54) is 5.56 Å². The van der Waals surface area contributed by atoms with Crippen molar-refractivity contribution in [2.45, 2.75) is 13.3 Å². The zero-order valence-corrected chi connectivity index (χ0v) is 15.5. The van der Waals surface area contributed by atoms with Crippen LogP contribution < -0.4 is 10.2 Å². The van der Waals surface area contributed by atoms with Crippen LogP contribution in [0.1, 0.15) is 11.3 Å². The van der Waals surface area contributed by atoms with Crippen LogP contribution in [0.3, 0.4) is 0 Å². The highest BCUT2D eigenvalue weighted by Gasteiger charge is 2.23. The van der Waals surface area contributed by atoms with Crippen molar-refractivity contribution in [3.8, 4) is 11.3 Å². The van der Waals surface area contributed by atoms with Crippen LogP contribution in [0.4, 0.5) is 23.3 Å². The lowest BCUT2D eigenvalue weighted by atomic mass is 10.1. The molecule has 0 saturated heterocycles. The van der Waals surface area contributed by atoms with E-state index < -0.39 is 0 Å². The monoisotopic (exact) mass is 369 g/mol. The molecule has 6 heteroatoms. The minimum absolute atomic E-state index is 0.628. The summed E-state index contributed by atoms with van der Waals surface area (Å²) in [6.45, 7) is 2.72. The average molecular weight is 369 g/mol. The summed E-state index contributed by atoms with van der Waals surface area (Å²) in [5, 5.41) is 7.26. The predicted octanol–water partition coefficient (Wildman–Crippen LogP) is 4.88. The number of hydrogen-bond acceptors (Lipinski definition) is 6. The van der Waals surface area contributed by atoms with Crippen LogP contribution in [0, 0.1) is 6.92 Å². The number of benzene rings is 2. The molecule has 2 aromatic carbocycles. The summed E-state index contributed by atoms with van der Waals surface area (Å²) in [6, 6.07) is 22.3. The number of aromatic nitrogens is 3. The van der Waals surface area contributed by atoms with E-state index in [2.05, 4.69) is 39.6 Å². The molecular formula is C22H19N5O. The van der Waals surface area contributed by atoms with Crippen molar-refractivity contribution in [3.63, 3.8) is 0 Å². The topological polar surface area (TPSA) is 67.1 Å². The molecule has 2 aromatic heterocycles. The number of anilines is 4. The molecule has 0 fully saturated rings. The number of para-hydroxylation sites is 1. The Hall–Kier alpha value is -3.67. The molecule has 0 radical (unpaired) electrons. The number of fused-ring (bicyclic) bond motifs is 1. The van der Waals surface area contributed by atoms with Gasteiger partial charge < -0.3 is 14.7 Å². The maximum absolute atomic E-state index is 5.16. The normalized spacial score (nSPS) is 12.8. The fourth-order valence-electron chi connectivity index (χ4n) is 3.48. The van der Waals surface area contributed by atoms with Crippen LogP contribution in [-0.2, 0) is 6.42 Å². The largest absolute Gasteiger partial charge is 0.360 e. The van der Waals surface area contributed by atoms with Crippen molar-refractivity contribution in [1.82, 2.24) is 15.1 Å². The number of nitrogens with zero attached hydrogens (tertiary/aromatic N) is 4. The molecular weight excluding hydrogens is 350 g/mol. The van der Waals surface area contributed by atoms with E-state index in [-0.39, 0.29) is 0 Å². The fourth-order valence-corrected chi connectivity index (χ4v) is 3.48. The van der Waals surface area contributed by atoms with Crippen LogP contribution in [0.15, 0.2) is 71.3 Å². The highest BCUT2D eigenvalue weighted by Crippen LogP contribution is 2.34. The Morgan fingerprint density at radius 1 is 0.929 bits per heavy atom. The van der Waals surface area contributed by atoms with Gasteiger partial charge in [0.1, 0.15) is 11.6 Å². The SMILES string of the molecule is Cc1cc(Nc2cc(-c3ccccc3)nc(N3CCc4ccccc43)n2)no1. The fraction of sp³-hybridized carbons (Fsp3) is 0.136. The molecule has 28 heavy (non-hydrogen) atoms. The Morgan fingerprint density at radius 3 is 2.57 bits per heavy atom. The molecule has 5 rings (SSSR count). The van der Waals surface area contributed by atoms with Crippen molar-refractivity contribution in [2.24, 2.45) is 0 Å². The van der Waals surface area contributed by atoms with E-state index in [0.29, 0.717) is 17.6 Å². The summed E-state index contributed by atoms with van der Waals surface area (Å²) in [5.41, 5.74) is 4.38. The first-order valence-electron chi connectivity index (χ1n) is 9.26. The van der Waals surface area contributed by atoms with E-state index >= 15 is 0 Å². The summed E-state index contributed by atoms with van der Waals surface area (Å²) in [5.74, 6) is 2.73. The first kappa shape index (κ1) is 16.5. The molecule has 1 N–H and O–H groups in total. The second-order valence-corrected chi connectivity index (χ2v) is 6.78. The Bertz CT molecular complexity index is 1120. The predicted molar refractivity (Wildman–Crippen MR) is 109 cm³/mol. The second-order valence-electron chi connectivity index (χ2n) is 6.78. The van der Waals surface area contributed by atoms with Crippen LogP contribution in [0.5, 0.6) is 0 Å². The smallest absolute Gasteiger partial charge is 0.232 e. The Morgan fingerprint density at radius 2 is 1.75 bits per heavy atom. The molecule has 1 aliphatic rings. The molecule has 0 amide bonds. The molecule has 3 heterocycles. The molecule has 138 valence electrons. The standard InChI is InChI=1S/C22H19N5O/c1-15-13-21(26-28-15)24-20-14-18(16-7-3-2-4-8-16)23-22(25-20)27-12-11-17-9-5-6-10-19(17)27/h2-10,13-14H,11-12H2,1H3,(H,23,24,25,26). The summed E-state index contributed by atoms with van der Waals surface area (Å²) in [6.07, 6.45) is 0.986. The molecule has 4 aromatic rings. The summed E-state index contributed by atoms with van der Waals surface area (Å²) < 4.78 is 5.16. The zero-order chi connectivity index (χ0) is 18.9. The van der Waals surface area contributed by atoms with Gasteiger partial charge in [0.25, 0.3) is 0 Å². The van der Waals surface area contributed by atoms with Gasteiger partial charge in [-0.1, -0.05) is 53.7 Å². The molecule has 1 aliphatic heterocycles. The molecule has 0 spiro atoms. The minimum Gasteiger partial charge on any atom is -0.360 e. The number of aryl methyl sites for hydroxylation is 1. The van der Waals surface area contributed by atoms with E-state index in [1.54, 1.807) is 0 Å². The zero-order valence-electron chi connectivity index (χ0n) is 15.5. The average Bonchev–Trinajstić information content (AvgIpc) is 3.34. The second kappa shape index (κ2) is 6.81. The molecule has 0 unspecified atom stereocenters. The number of nitrogens with one attached hydrogen (secondary N) is 1. The third-order valence-corrected chi connectivity index (χ3v) is 4.80. The molecule has 0 atom stereocenters. The van der Waals surface area contributed by atoms with Gasteiger partial charge >= 0.3 is 0 Å². The molecule has 0 saturated carbocycles. The van der Waals surface area contributed by atoms with Gasteiger partial charge in [0.15, 0.2) is 5.82 Å². The first-order valence-corrected chi connectivity index (χ1v) is 9.26. The van der Waals surface area contributed by atoms with Crippen molar-refractivity contribution in [2.75, 3.05) is 16.8 Å². The minimum atomic E-state index is 0.628. The third-order valence-electron chi connectivity index (χ3n) is 4.80. The quantitative estimate of drug-likeness (QED) is 0.553. The lowest BCUT2D eigenvalue weighted by Gasteiger charge is -2.19. The molecule has 6 nitrogen and oxygen atoms in total. The number of hydrogen-bond donors (Lipinski definition) is 1. The number of rotatable bonds is 4. The maximum Gasteiger partial charge on any atom is 0.232 e. The van der Waals surface area contributed by atoms with Gasteiger partial charge in [-0.05, 0) is 25.0 Å². The van der Waals surface area contributed by atoms with Gasteiger partial charge in [0.05, 0.1) is 5.69 Å². The highest BCUT2D eigenvalue weighted by atomic mass is 16.5. The van der Waals surface area contributed by atoms with Crippen LogP contribution in [-0.4, -0.2) is 21.7 Å². The van der Waals surface area contributed by atoms with E-state index in [4.69, 9.17) is 14.5 Å². The highest BCUT2D eigenvalue weighted by molar-refractivity contribution is 5.71. The maximum atomic E-state index is 5.16. The van der Waals surface area contributed by atoms with Gasteiger partial charge in [-0.2, -0.15) is 4.98 Å². The molecule has 0 aliphatic carbocycles. The lowest BCUT2D eigenvalue weighted by molar-refractivity contribution is 0.400. The van der Waals surface area contributed by atoms with Crippen molar-refractivity contribution < 1.29 is 4.52 Å². The van der Waals surface area contributed by atoms with Crippen LogP contribution >= 0.6 is 0 Å². The first-order chi connectivity index (χ1) is 13.8. The van der Waals surface area contributed by atoms with Gasteiger partial charge in [0.2, 0.25) is 5.95 Å². The van der Waals surface area contributed by atoms with Crippen molar-refractivity contribution in [3.05, 3.63) is 78.1 Å². The summed E-state index contributed by atoms with van der Waals surface area (Å²) in [7, 11) is 0. The Kier molecular flexibility index (Phi) is 4.01. The van der Waals surface area contributed by atoms with Crippen molar-refractivity contribution >= 4 is 23.3 Å². The third kappa shape index (κ3) is 3.09. The van der Waals surface area contributed by atoms with Gasteiger partial charge in [-0.3, -0.25) is 0 Å². The Labute approximate surface area is 162 Å². The summed E-state index contributed by atoms with van der Waals surface area (Å²) in [4.78, 5) is 11.8. The van der Waals surface area contributed by atoms with Crippen LogP contribution in [0.2, 0.25) is 0 Å². The molecule has 0 bridgehead atoms. The van der Waals surface area contributed by atoms with E-state index in [9.17, 15) is 0 Å². The van der Waals surface area contributed by atoms with Gasteiger partial charge in [0, 0.05) is 29.9 Å². The van der Waals surface area contributed by atoms with Gasteiger partial charge in [-0.25, -0.2) is 4.98 Å². The summed E-state index contributed by atoms with van der Waals surface area (Å²) >= 11 is 0. The van der Waals surface area contributed by atoms with Crippen LogP contribution in [0.25, 0.3) is 11.3 Å².